The number of aryl methyl sites for hydroxylation is 6. The molecule has 0 amide bonds. The predicted molar refractivity (Wildman–Crippen MR) is 175 cm³/mol. The molecule has 5 heterocycles. The van der Waals surface area contributed by atoms with Crippen molar-refractivity contribution >= 4 is 24.2 Å². The SMILES string of the molecule is C.Clc1ccc2c(n1)CCCC2.Cn1cc(-c2ccc3c(n2)CCCC3)cn1.Cn1cc(B2OC(C)(C)C(C)(C)O2)cn1. The van der Waals surface area contributed by atoms with Gasteiger partial charge in [-0.3, -0.25) is 14.3 Å². The number of halogens is 1. The first-order valence-corrected chi connectivity index (χ1v) is 15.3. The van der Waals surface area contributed by atoms with Gasteiger partial charge in [0.2, 0.25) is 0 Å². The Labute approximate surface area is 262 Å². The lowest BCUT2D eigenvalue weighted by molar-refractivity contribution is 0.00578. The highest BCUT2D eigenvalue weighted by Crippen LogP contribution is 2.36. The number of aromatic nitrogens is 6. The predicted octanol–water partition coefficient (Wildman–Crippen LogP) is 6.33. The van der Waals surface area contributed by atoms with Crippen molar-refractivity contribution in [3.8, 4) is 11.3 Å². The third-order valence-corrected chi connectivity index (χ3v) is 8.78. The lowest BCUT2D eigenvalue weighted by Gasteiger charge is -2.32. The molecule has 0 unspecified atom stereocenters. The maximum Gasteiger partial charge on any atom is 0.498 e. The number of nitrogens with zero attached hydrogens (tertiary/aromatic N) is 6. The lowest BCUT2D eigenvalue weighted by Crippen LogP contribution is -2.41. The molecule has 1 fully saturated rings. The Morgan fingerprint density at radius 1 is 0.721 bits per heavy atom. The van der Waals surface area contributed by atoms with Crippen LogP contribution in [0.5, 0.6) is 0 Å². The molecule has 0 N–H and O–H groups in total. The fourth-order valence-corrected chi connectivity index (χ4v) is 5.56. The van der Waals surface area contributed by atoms with E-state index < -0.39 is 0 Å². The largest absolute Gasteiger partial charge is 0.498 e. The average Bonchev–Trinajstić information content (AvgIpc) is 3.66. The molecule has 4 aromatic rings. The molecule has 0 atom stereocenters. The molecule has 0 saturated carbocycles. The van der Waals surface area contributed by atoms with Gasteiger partial charge < -0.3 is 9.31 Å². The highest BCUT2D eigenvalue weighted by Gasteiger charge is 2.52. The van der Waals surface area contributed by atoms with Gasteiger partial charge in [0.1, 0.15) is 5.15 Å². The van der Waals surface area contributed by atoms with Crippen molar-refractivity contribution < 1.29 is 9.31 Å². The van der Waals surface area contributed by atoms with E-state index in [0.29, 0.717) is 5.15 Å². The second kappa shape index (κ2) is 13.7. The summed E-state index contributed by atoms with van der Waals surface area (Å²) in [5, 5.41) is 8.93. The van der Waals surface area contributed by atoms with Crippen LogP contribution in [0.1, 0.15) is 83.3 Å². The number of hydrogen-bond acceptors (Lipinski definition) is 6. The number of hydrogen-bond donors (Lipinski definition) is 0. The molecule has 230 valence electrons. The highest BCUT2D eigenvalue weighted by molar-refractivity contribution is 6.62. The molecule has 0 spiro atoms. The molecule has 2 aliphatic carbocycles. The van der Waals surface area contributed by atoms with E-state index in [-0.39, 0.29) is 25.7 Å². The van der Waals surface area contributed by atoms with Gasteiger partial charge in [0.15, 0.2) is 0 Å². The maximum absolute atomic E-state index is 5.89. The molecule has 0 bridgehead atoms. The van der Waals surface area contributed by atoms with Crippen LogP contribution in [-0.2, 0) is 49.1 Å². The summed E-state index contributed by atoms with van der Waals surface area (Å²) in [6.45, 7) is 8.18. The minimum absolute atomic E-state index is 0. The van der Waals surface area contributed by atoms with Crippen molar-refractivity contribution in [1.29, 1.82) is 0 Å². The maximum atomic E-state index is 5.89. The molecular weight excluding hydrogens is 559 g/mol. The minimum atomic E-state index is -0.302. The van der Waals surface area contributed by atoms with Crippen molar-refractivity contribution in [2.45, 2.75) is 97.7 Å². The number of pyridine rings is 2. The van der Waals surface area contributed by atoms with Crippen molar-refractivity contribution in [1.82, 2.24) is 29.5 Å². The smallest absolute Gasteiger partial charge is 0.399 e. The molecule has 3 aliphatic rings. The van der Waals surface area contributed by atoms with Crippen molar-refractivity contribution in [2.24, 2.45) is 14.1 Å². The van der Waals surface area contributed by atoms with Gasteiger partial charge in [-0.2, -0.15) is 10.2 Å². The summed E-state index contributed by atoms with van der Waals surface area (Å²) < 4.78 is 15.3. The molecule has 7 rings (SSSR count). The standard InChI is InChI=1S/C13H15N3.C10H17BN2O2.C9H10ClN.CH4/c1-16-9-11(8-14-16)13-7-6-10-4-2-3-5-12(10)15-13;1-9(2)10(3,4)15-11(14-9)8-6-12-13(5)7-8;10-9-6-5-7-3-1-2-4-8(7)11-9;/h6-9H,2-5H2,1H3;6-7H,1-5H3;5-6H,1-4H2;1H4. The molecule has 10 heteroatoms. The monoisotopic (exact) mass is 604 g/mol. The highest BCUT2D eigenvalue weighted by atomic mass is 35.5. The zero-order valence-electron chi connectivity index (χ0n) is 25.7. The van der Waals surface area contributed by atoms with E-state index in [1.54, 1.807) is 10.9 Å². The quantitative estimate of drug-likeness (QED) is 0.197. The average molecular weight is 605 g/mol. The van der Waals surface area contributed by atoms with Gasteiger partial charge in [0.05, 0.1) is 23.1 Å². The van der Waals surface area contributed by atoms with Crippen LogP contribution in [-0.4, -0.2) is 47.8 Å². The molecule has 1 saturated heterocycles. The van der Waals surface area contributed by atoms with Crippen LogP contribution >= 0.6 is 11.6 Å². The van der Waals surface area contributed by atoms with Crippen LogP contribution in [0, 0.1) is 0 Å². The molecule has 0 radical (unpaired) electrons. The molecular formula is C33H46BClN6O2. The summed E-state index contributed by atoms with van der Waals surface area (Å²) in [5.41, 5.74) is 7.87. The Balaban J connectivity index is 0.000000148. The van der Waals surface area contributed by atoms with E-state index >= 15 is 0 Å². The van der Waals surface area contributed by atoms with Gasteiger partial charge in [-0.15, -0.1) is 0 Å². The first kappa shape index (κ1) is 32.9. The third kappa shape index (κ3) is 7.94. The van der Waals surface area contributed by atoms with E-state index in [1.165, 1.54) is 61.0 Å². The Morgan fingerprint density at radius 2 is 1.26 bits per heavy atom. The Morgan fingerprint density at radius 3 is 1.81 bits per heavy atom. The Hall–Kier alpha value is -3.01. The summed E-state index contributed by atoms with van der Waals surface area (Å²) in [5.74, 6) is 0. The van der Waals surface area contributed by atoms with Crippen LogP contribution in [0.3, 0.4) is 0 Å². The molecule has 4 aromatic heterocycles. The second-order valence-corrected chi connectivity index (χ2v) is 12.8. The van der Waals surface area contributed by atoms with Gasteiger partial charge >= 0.3 is 7.12 Å². The zero-order valence-corrected chi connectivity index (χ0v) is 26.5. The molecule has 43 heavy (non-hydrogen) atoms. The van der Waals surface area contributed by atoms with Crippen LogP contribution in [0.25, 0.3) is 11.3 Å². The van der Waals surface area contributed by atoms with Crippen molar-refractivity contribution in [2.75, 3.05) is 0 Å². The minimum Gasteiger partial charge on any atom is -0.399 e. The van der Waals surface area contributed by atoms with E-state index in [2.05, 4.69) is 33.4 Å². The van der Waals surface area contributed by atoms with E-state index in [9.17, 15) is 0 Å². The van der Waals surface area contributed by atoms with E-state index in [0.717, 1.165) is 29.6 Å². The number of fused-ring (bicyclic) bond motifs is 2. The van der Waals surface area contributed by atoms with Crippen LogP contribution < -0.4 is 5.46 Å². The number of rotatable bonds is 2. The normalized spacial score (nSPS) is 17.8. The van der Waals surface area contributed by atoms with Crippen molar-refractivity contribution in [3.63, 3.8) is 0 Å². The topological polar surface area (TPSA) is 79.9 Å². The van der Waals surface area contributed by atoms with Gasteiger partial charge in [-0.05, 0) is 102 Å². The summed E-state index contributed by atoms with van der Waals surface area (Å²) in [6, 6.07) is 8.32. The zero-order chi connectivity index (χ0) is 29.9. The molecule has 1 aliphatic heterocycles. The molecule has 8 nitrogen and oxygen atoms in total. The summed E-state index contributed by atoms with van der Waals surface area (Å²) in [6.07, 6.45) is 17.3. The first-order valence-electron chi connectivity index (χ1n) is 15.0. The fourth-order valence-electron chi connectivity index (χ4n) is 5.39. The van der Waals surface area contributed by atoms with Gasteiger partial charge in [-0.25, -0.2) is 4.98 Å². The van der Waals surface area contributed by atoms with Gasteiger partial charge in [-0.1, -0.05) is 31.2 Å². The van der Waals surface area contributed by atoms with Gasteiger partial charge in [0.25, 0.3) is 0 Å². The Bertz CT molecular complexity index is 1500. The molecule has 0 aromatic carbocycles. The summed E-state index contributed by atoms with van der Waals surface area (Å²) in [7, 11) is 3.51. The summed E-state index contributed by atoms with van der Waals surface area (Å²) >= 11 is 5.77. The third-order valence-electron chi connectivity index (χ3n) is 8.57. The van der Waals surface area contributed by atoms with Crippen LogP contribution in [0.4, 0.5) is 0 Å². The van der Waals surface area contributed by atoms with E-state index in [1.807, 2.05) is 71.1 Å². The fraction of sp³-hybridized carbons (Fsp3) is 0.515. The van der Waals surface area contributed by atoms with Crippen LogP contribution in [0.2, 0.25) is 5.15 Å². The second-order valence-electron chi connectivity index (χ2n) is 12.4. The van der Waals surface area contributed by atoms with E-state index in [4.69, 9.17) is 25.9 Å². The lowest BCUT2D eigenvalue weighted by atomic mass is 9.82. The van der Waals surface area contributed by atoms with Gasteiger partial charge in [0, 0.05) is 55.1 Å². The summed E-state index contributed by atoms with van der Waals surface area (Å²) in [4.78, 5) is 9.02. The first-order chi connectivity index (χ1) is 20.0. The Kier molecular flexibility index (Phi) is 10.5. The van der Waals surface area contributed by atoms with Crippen LogP contribution in [0.15, 0.2) is 49.1 Å². The van der Waals surface area contributed by atoms with Crippen molar-refractivity contribution in [3.05, 3.63) is 76.7 Å².